The van der Waals surface area contributed by atoms with Crippen LogP contribution in [0.1, 0.15) is 79.1 Å². The van der Waals surface area contributed by atoms with E-state index in [-0.39, 0.29) is 5.43 Å². The fraction of sp³-hybridized carbons (Fsp3) is 0.414. The van der Waals surface area contributed by atoms with Gasteiger partial charge < -0.3 is 0 Å². The van der Waals surface area contributed by atoms with Crippen LogP contribution in [0.4, 0.5) is 0 Å². The third-order valence-electron chi connectivity index (χ3n) is 4.58. The van der Waals surface area contributed by atoms with Crippen molar-refractivity contribution in [1.29, 1.82) is 0 Å². The van der Waals surface area contributed by atoms with Crippen molar-refractivity contribution >= 4 is 22.1 Å². The summed E-state index contributed by atoms with van der Waals surface area (Å²) in [5.41, 5.74) is 7.13. The van der Waals surface area contributed by atoms with E-state index in [0.29, 0.717) is 5.92 Å². The summed E-state index contributed by atoms with van der Waals surface area (Å²) in [6.45, 7) is 24.0. The molecule has 0 amide bonds. The topological polar surface area (TPSA) is 42.3 Å². The minimum absolute atomic E-state index is 0.236. The highest BCUT2D eigenvalue weighted by molar-refractivity contribution is 5.97. The van der Waals surface area contributed by atoms with Crippen molar-refractivity contribution in [1.82, 2.24) is 4.98 Å². The van der Waals surface area contributed by atoms with Crippen LogP contribution in [-0.2, 0) is 6.42 Å². The maximum Gasteiger partial charge on any atom is 0.194 e. The molecule has 0 aliphatic rings. The molecule has 2 aromatic carbocycles. The van der Waals surface area contributed by atoms with Crippen LogP contribution in [0, 0.1) is 12.8 Å². The molecule has 0 saturated heterocycles. The number of nitrogens with zero attached hydrogens (tertiary/aromatic N) is 2. The van der Waals surface area contributed by atoms with Gasteiger partial charge in [0.1, 0.15) is 0 Å². The third kappa shape index (κ3) is 11.0. The molecule has 0 unspecified atom stereocenters. The first-order valence-electron chi connectivity index (χ1n) is 11.5. The first-order chi connectivity index (χ1) is 15.1. The van der Waals surface area contributed by atoms with Crippen LogP contribution in [0.15, 0.2) is 64.7 Å². The normalized spacial score (nSPS) is 11.2. The molecule has 0 aliphatic carbocycles. The zero-order chi connectivity index (χ0) is 24.8. The zero-order valence-electron chi connectivity index (χ0n) is 21.8. The van der Waals surface area contributed by atoms with E-state index >= 15 is 0 Å². The molecule has 0 aliphatic heterocycles. The number of rotatable bonds is 4. The molecule has 32 heavy (non-hydrogen) atoms. The number of aromatic nitrogens is 1. The summed E-state index contributed by atoms with van der Waals surface area (Å²) in [5.74, 6) is 0.500. The van der Waals surface area contributed by atoms with Crippen molar-refractivity contribution in [2.75, 3.05) is 0 Å². The molecule has 0 bridgehead atoms. The van der Waals surface area contributed by atoms with E-state index < -0.39 is 0 Å². The SMILES string of the molecule is C=C(C)C.CC.CC(=N/C=C(\C)c1ccc(C)nc1)C(C)C.CCc1ccc2c(=O)c2c1. The minimum Gasteiger partial charge on any atom is -0.289 e. The lowest BCUT2D eigenvalue weighted by Gasteiger charge is -2.03. The van der Waals surface area contributed by atoms with Crippen molar-refractivity contribution in [3.63, 3.8) is 0 Å². The number of benzene rings is 1. The summed E-state index contributed by atoms with van der Waals surface area (Å²) in [6, 6.07) is 10.0. The van der Waals surface area contributed by atoms with Gasteiger partial charge in [-0.25, -0.2) is 0 Å². The predicted octanol–water partition coefficient (Wildman–Crippen LogP) is 8.11. The highest BCUT2D eigenvalue weighted by Crippen LogP contribution is 2.16. The molecule has 0 spiro atoms. The van der Waals surface area contributed by atoms with E-state index in [9.17, 15) is 4.79 Å². The molecule has 1 aromatic heterocycles. The zero-order valence-corrected chi connectivity index (χ0v) is 21.8. The Hall–Kier alpha value is -2.81. The number of aliphatic imine (C=N–C) groups is 1. The van der Waals surface area contributed by atoms with Gasteiger partial charge in [0.2, 0.25) is 0 Å². The molecule has 0 atom stereocenters. The quantitative estimate of drug-likeness (QED) is 0.307. The lowest BCUT2D eigenvalue weighted by Crippen LogP contribution is -2.00. The summed E-state index contributed by atoms with van der Waals surface area (Å²) < 4.78 is 0. The molecule has 3 aromatic rings. The highest BCUT2D eigenvalue weighted by atomic mass is 16.1. The van der Waals surface area contributed by atoms with E-state index in [1.54, 1.807) is 0 Å². The van der Waals surface area contributed by atoms with Crippen molar-refractivity contribution < 1.29 is 0 Å². The van der Waals surface area contributed by atoms with Gasteiger partial charge in [-0.05, 0) is 75.8 Å². The van der Waals surface area contributed by atoms with Crippen LogP contribution in [0.3, 0.4) is 0 Å². The largest absolute Gasteiger partial charge is 0.289 e. The van der Waals surface area contributed by atoms with Crippen molar-refractivity contribution in [2.24, 2.45) is 10.9 Å². The Morgan fingerprint density at radius 2 is 1.66 bits per heavy atom. The molecular formula is C29H42N2O. The third-order valence-corrected chi connectivity index (χ3v) is 4.58. The summed E-state index contributed by atoms with van der Waals surface area (Å²) in [4.78, 5) is 19.5. The van der Waals surface area contributed by atoms with Gasteiger partial charge in [0.25, 0.3) is 0 Å². The molecule has 3 nitrogen and oxygen atoms in total. The minimum atomic E-state index is 0.236. The second-order valence-electron chi connectivity index (χ2n) is 8.20. The van der Waals surface area contributed by atoms with Crippen LogP contribution in [-0.4, -0.2) is 10.7 Å². The van der Waals surface area contributed by atoms with Gasteiger partial charge in [0.05, 0.1) is 0 Å². The number of hydrogen-bond acceptors (Lipinski definition) is 3. The Morgan fingerprint density at radius 3 is 2.09 bits per heavy atom. The van der Waals surface area contributed by atoms with Gasteiger partial charge in [-0.1, -0.05) is 58.4 Å². The van der Waals surface area contributed by atoms with Crippen LogP contribution >= 0.6 is 0 Å². The van der Waals surface area contributed by atoms with Gasteiger partial charge in [0, 0.05) is 34.6 Å². The van der Waals surface area contributed by atoms with Gasteiger partial charge in [0.15, 0.2) is 5.43 Å². The van der Waals surface area contributed by atoms with Crippen molar-refractivity contribution in [2.45, 2.75) is 75.7 Å². The fourth-order valence-corrected chi connectivity index (χ4v) is 2.27. The van der Waals surface area contributed by atoms with Crippen LogP contribution < -0.4 is 5.43 Å². The fourth-order valence-electron chi connectivity index (χ4n) is 2.27. The summed E-state index contributed by atoms with van der Waals surface area (Å²) >= 11 is 0. The Labute approximate surface area is 195 Å². The Balaban J connectivity index is 0.000000509. The molecule has 174 valence electrons. The number of pyridine rings is 1. The molecule has 3 rings (SSSR count). The van der Waals surface area contributed by atoms with E-state index in [1.165, 1.54) is 11.1 Å². The number of hydrogen-bond donors (Lipinski definition) is 0. The van der Waals surface area contributed by atoms with Gasteiger partial charge in [-0.15, -0.1) is 6.58 Å². The smallest absolute Gasteiger partial charge is 0.194 e. The van der Waals surface area contributed by atoms with E-state index in [4.69, 9.17) is 0 Å². The summed E-state index contributed by atoms with van der Waals surface area (Å²) in [6.07, 6.45) is 4.82. The Kier molecular flexibility index (Phi) is 13.7. The predicted molar refractivity (Wildman–Crippen MR) is 144 cm³/mol. The van der Waals surface area contributed by atoms with Gasteiger partial charge in [-0.3, -0.25) is 14.8 Å². The second-order valence-corrected chi connectivity index (χ2v) is 8.20. The van der Waals surface area contributed by atoms with Crippen LogP contribution in [0.2, 0.25) is 0 Å². The molecule has 0 fully saturated rings. The molecule has 3 heteroatoms. The second kappa shape index (κ2) is 15.1. The molecular weight excluding hydrogens is 392 g/mol. The van der Waals surface area contributed by atoms with Crippen LogP contribution in [0.25, 0.3) is 16.3 Å². The first-order valence-corrected chi connectivity index (χ1v) is 11.5. The first kappa shape index (κ1) is 29.2. The standard InChI is InChI=1S/C14H20N2.C9H8O.C4H8.C2H6/c1-10(2)13(5)16-8-11(3)14-7-6-12(4)15-9-14;1-2-6-3-4-7-8(5-6)9(7)10;1-4(2)3;1-2/h6-10H,1-5H3;3-5H,2H2,1H3;1H2,2-3H3;1-2H3/b11-8+,16-13?;;;. The average Bonchev–Trinajstić information content (AvgIpc) is 3.42. The summed E-state index contributed by atoms with van der Waals surface area (Å²) in [7, 11) is 0. The van der Waals surface area contributed by atoms with Crippen molar-refractivity contribution in [3.05, 3.63) is 81.9 Å². The average molecular weight is 435 g/mol. The van der Waals surface area contributed by atoms with Gasteiger partial charge >= 0.3 is 0 Å². The molecule has 1 heterocycles. The maximum absolute atomic E-state index is 10.8. The monoisotopic (exact) mass is 434 g/mol. The number of aryl methyl sites for hydroxylation is 2. The lowest BCUT2D eigenvalue weighted by atomic mass is 10.1. The van der Waals surface area contributed by atoms with Gasteiger partial charge in [-0.2, -0.15) is 0 Å². The van der Waals surface area contributed by atoms with Crippen LogP contribution in [0.5, 0.6) is 0 Å². The molecule has 0 N–H and O–H groups in total. The molecule has 0 saturated carbocycles. The highest BCUT2D eigenvalue weighted by Gasteiger charge is 2.10. The molecule has 0 radical (unpaired) electrons. The Morgan fingerprint density at radius 1 is 1.06 bits per heavy atom. The summed E-state index contributed by atoms with van der Waals surface area (Å²) in [5, 5.41) is 1.84. The van der Waals surface area contributed by atoms with E-state index in [1.807, 2.05) is 71.3 Å². The lowest BCUT2D eigenvalue weighted by molar-refractivity contribution is 0.878. The number of fused-ring (bicyclic) bond motifs is 1. The van der Waals surface area contributed by atoms with E-state index in [2.05, 4.69) is 57.2 Å². The number of allylic oxidation sites excluding steroid dienone is 2. The Bertz CT molecular complexity index is 1020. The van der Waals surface area contributed by atoms with Crippen molar-refractivity contribution in [3.8, 4) is 0 Å². The van der Waals surface area contributed by atoms with E-state index in [0.717, 1.165) is 39.7 Å². The maximum atomic E-state index is 10.8.